The highest BCUT2D eigenvalue weighted by atomic mass is 35.5. The number of amides is 1. The van der Waals surface area contributed by atoms with E-state index in [0.29, 0.717) is 27.4 Å². The zero-order valence-corrected chi connectivity index (χ0v) is 14.5. The first-order valence-corrected chi connectivity index (χ1v) is 8.07. The third-order valence-corrected chi connectivity index (χ3v) is 3.98. The number of hydrogen-bond acceptors (Lipinski definition) is 4. The molecule has 0 unspecified atom stereocenters. The molecule has 1 aromatic heterocycles. The number of nitrogens with one attached hydrogen (secondary N) is 1. The van der Waals surface area contributed by atoms with E-state index in [0.717, 1.165) is 19.4 Å². The third kappa shape index (κ3) is 4.81. The molecule has 23 heavy (non-hydrogen) atoms. The van der Waals surface area contributed by atoms with Crippen molar-refractivity contribution in [3.8, 4) is 0 Å². The Bertz CT molecular complexity index is 694. The second kappa shape index (κ2) is 8.13. The molecule has 1 aromatic carbocycles. The van der Waals surface area contributed by atoms with Gasteiger partial charge in [0.05, 0.1) is 10.0 Å². The molecule has 0 aliphatic carbocycles. The lowest BCUT2D eigenvalue weighted by molar-refractivity contribution is 0.102. The van der Waals surface area contributed by atoms with E-state index in [2.05, 4.69) is 22.2 Å². The molecule has 1 heterocycles. The molecule has 0 fully saturated rings. The van der Waals surface area contributed by atoms with Gasteiger partial charge in [-0.05, 0) is 30.7 Å². The number of carbonyl (C=O) groups is 1. The van der Waals surface area contributed by atoms with E-state index in [1.807, 2.05) is 11.9 Å². The summed E-state index contributed by atoms with van der Waals surface area (Å²) >= 11 is 11.8. The fourth-order valence-corrected chi connectivity index (χ4v) is 2.22. The number of nitrogens with zero attached hydrogens (tertiary/aromatic N) is 3. The van der Waals surface area contributed by atoms with E-state index in [1.165, 1.54) is 0 Å². The fraction of sp³-hybridized carbons (Fsp3) is 0.312. The van der Waals surface area contributed by atoms with Gasteiger partial charge in [-0.2, -0.15) is 0 Å². The van der Waals surface area contributed by atoms with E-state index in [-0.39, 0.29) is 5.91 Å². The summed E-state index contributed by atoms with van der Waals surface area (Å²) in [6.07, 6.45) is 3.70. The summed E-state index contributed by atoms with van der Waals surface area (Å²) in [4.78, 5) is 22.7. The number of anilines is 2. The molecule has 0 aliphatic rings. The zero-order chi connectivity index (χ0) is 16.8. The van der Waals surface area contributed by atoms with Crippen LogP contribution in [-0.2, 0) is 0 Å². The molecule has 1 N–H and O–H groups in total. The number of carbonyl (C=O) groups excluding carboxylic acids is 1. The number of halogens is 2. The maximum absolute atomic E-state index is 12.3. The predicted molar refractivity (Wildman–Crippen MR) is 94.6 cm³/mol. The zero-order valence-electron chi connectivity index (χ0n) is 13.0. The van der Waals surface area contributed by atoms with Crippen LogP contribution in [0.4, 0.5) is 11.6 Å². The largest absolute Gasteiger partial charge is 0.344 e. The predicted octanol–water partition coefficient (Wildman–Crippen LogP) is 4.27. The lowest BCUT2D eigenvalue weighted by Gasteiger charge is -2.16. The normalized spacial score (nSPS) is 10.4. The highest BCUT2D eigenvalue weighted by Crippen LogP contribution is 2.25. The third-order valence-electron chi connectivity index (χ3n) is 3.24. The average molecular weight is 353 g/mol. The summed E-state index contributed by atoms with van der Waals surface area (Å²) in [5.41, 5.74) is 0.855. The van der Waals surface area contributed by atoms with Gasteiger partial charge in [-0.1, -0.05) is 36.5 Å². The number of benzene rings is 1. The van der Waals surface area contributed by atoms with Crippen LogP contribution in [0.15, 0.2) is 30.5 Å². The first-order chi connectivity index (χ1) is 11.0. The smallest absolute Gasteiger partial charge is 0.274 e. The van der Waals surface area contributed by atoms with Gasteiger partial charge in [0.25, 0.3) is 5.91 Å². The summed E-state index contributed by atoms with van der Waals surface area (Å²) in [7, 11) is 1.91. The maximum atomic E-state index is 12.3. The minimum absolute atomic E-state index is 0.296. The van der Waals surface area contributed by atoms with Gasteiger partial charge in [-0.3, -0.25) is 4.79 Å². The molecule has 0 saturated heterocycles. The maximum Gasteiger partial charge on any atom is 0.274 e. The molecule has 0 atom stereocenters. The molecular weight excluding hydrogens is 335 g/mol. The number of rotatable bonds is 6. The van der Waals surface area contributed by atoms with Gasteiger partial charge in [-0.25, -0.2) is 9.97 Å². The van der Waals surface area contributed by atoms with Crippen LogP contribution in [0.5, 0.6) is 0 Å². The first-order valence-electron chi connectivity index (χ1n) is 7.32. The van der Waals surface area contributed by atoms with Crippen molar-refractivity contribution in [1.82, 2.24) is 9.97 Å². The molecule has 2 aromatic rings. The number of hydrogen-bond donors (Lipinski definition) is 1. The van der Waals surface area contributed by atoms with Gasteiger partial charge in [-0.15, -0.1) is 0 Å². The molecule has 122 valence electrons. The van der Waals surface area contributed by atoms with Crippen LogP contribution in [-0.4, -0.2) is 29.5 Å². The molecule has 0 spiro atoms. The van der Waals surface area contributed by atoms with Gasteiger partial charge in [0.1, 0.15) is 5.69 Å². The van der Waals surface area contributed by atoms with Gasteiger partial charge >= 0.3 is 0 Å². The summed E-state index contributed by atoms with van der Waals surface area (Å²) in [6.45, 7) is 2.96. The first kappa shape index (κ1) is 17.5. The van der Waals surface area contributed by atoms with Gasteiger partial charge in [0, 0.05) is 25.5 Å². The van der Waals surface area contributed by atoms with Crippen LogP contribution < -0.4 is 10.2 Å². The minimum Gasteiger partial charge on any atom is -0.344 e. The lowest BCUT2D eigenvalue weighted by atomic mass is 10.3. The Morgan fingerprint density at radius 3 is 2.74 bits per heavy atom. The van der Waals surface area contributed by atoms with Crippen molar-refractivity contribution < 1.29 is 4.79 Å². The van der Waals surface area contributed by atoms with Gasteiger partial charge < -0.3 is 10.2 Å². The van der Waals surface area contributed by atoms with Crippen molar-refractivity contribution in [1.29, 1.82) is 0 Å². The van der Waals surface area contributed by atoms with Crippen LogP contribution in [0.2, 0.25) is 10.0 Å². The van der Waals surface area contributed by atoms with Crippen molar-refractivity contribution in [2.75, 3.05) is 23.8 Å². The number of unbranched alkanes of at least 4 members (excludes halogenated alkanes) is 1. The molecule has 0 saturated carbocycles. The highest BCUT2D eigenvalue weighted by Gasteiger charge is 2.12. The van der Waals surface area contributed by atoms with Crippen LogP contribution in [0.3, 0.4) is 0 Å². The van der Waals surface area contributed by atoms with Crippen molar-refractivity contribution in [3.05, 3.63) is 46.2 Å². The molecule has 2 rings (SSSR count). The van der Waals surface area contributed by atoms with E-state index < -0.39 is 0 Å². The Balaban J connectivity index is 2.11. The van der Waals surface area contributed by atoms with Crippen LogP contribution in [0, 0.1) is 0 Å². The Morgan fingerprint density at radius 2 is 2.04 bits per heavy atom. The summed E-state index contributed by atoms with van der Waals surface area (Å²) in [5, 5.41) is 3.56. The van der Waals surface area contributed by atoms with Crippen molar-refractivity contribution in [3.63, 3.8) is 0 Å². The Kier molecular flexibility index (Phi) is 6.19. The fourth-order valence-electron chi connectivity index (χ4n) is 1.92. The molecule has 0 radical (unpaired) electrons. The Hall–Kier alpha value is -1.85. The van der Waals surface area contributed by atoms with Crippen LogP contribution in [0.25, 0.3) is 0 Å². The van der Waals surface area contributed by atoms with Crippen molar-refractivity contribution in [2.45, 2.75) is 19.8 Å². The number of aromatic nitrogens is 2. The van der Waals surface area contributed by atoms with Crippen molar-refractivity contribution in [2.24, 2.45) is 0 Å². The van der Waals surface area contributed by atoms with E-state index in [1.54, 1.807) is 30.5 Å². The van der Waals surface area contributed by atoms with Crippen LogP contribution in [0.1, 0.15) is 30.3 Å². The Labute approximate surface area is 145 Å². The van der Waals surface area contributed by atoms with E-state index in [9.17, 15) is 4.79 Å². The van der Waals surface area contributed by atoms with Gasteiger partial charge in [0.2, 0.25) is 5.95 Å². The second-order valence-corrected chi connectivity index (χ2v) is 5.91. The molecule has 0 bridgehead atoms. The topological polar surface area (TPSA) is 58.1 Å². The van der Waals surface area contributed by atoms with Crippen molar-refractivity contribution >= 4 is 40.7 Å². The lowest BCUT2D eigenvalue weighted by Crippen LogP contribution is -2.22. The van der Waals surface area contributed by atoms with E-state index in [4.69, 9.17) is 23.2 Å². The monoisotopic (exact) mass is 352 g/mol. The molecular formula is C16H18Cl2N4O. The van der Waals surface area contributed by atoms with Gasteiger partial charge in [0.15, 0.2) is 0 Å². The quantitative estimate of drug-likeness (QED) is 0.843. The highest BCUT2D eigenvalue weighted by molar-refractivity contribution is 6.42. The average Bonchev–Trinajstić information content (AvgIpc) is 2.56. The summed E-state index contributed by atoms with van der Waals surface area (Å²) < 4.78 is 0. The second-order valence-electron chi connectivity index (χ2n) is 5.10. The summed E-state index contributed by atoms with van der Waals surface area (Å²) in [5.74, 6) is 0.205. The molecule has 1 amide bonds. The SMILES string of the molecule is CCCCN(C)c1nccc(C(=O)Nc2ccc(Cl)c(Cl)c2)n1. The van der Waals surface area contributed by atoms with E-state index >= 15 is 0 Å². The minimum atomic E-state index is -0.323. The standard InChI is InChI=1S/C16H18Cl2N4O/c1-3-4-9-22(2)16-19-8-7-14(21-16)15(23)20-11-5-6-12(17)13(18)10-11/h5-8,10H,3-4,9H2,1-2H3,(H,20,23). The van der Waals surface area contributed by atoms with Crippen LogP contribution >= 0.6 is 23.2 Å². The molecule has 5 nitrogen and oxygen atoms in total. The Morgan fingerprint density at radius 1 is 1.26 bits per heavy atom. The molecule has 0 aliphatic heterocycles. The molecule has 7 heteroatoms. The summed E-state index contributed by atoms with van der Waals surface area (Å²) in [6, 6.07) is 6.48.